The molecular formula is C10H11N5O2S. The Bertz CT molecular complexity index is 514. The Kier molecular flexibility index (Phi) is 3.78. The molecule has 0 aliphatic carbocycles. The lowest BCUT2D eigenvalue weighted by atomic mass is 10.2. The number of anilines is 1. The fraction of sp³-hybridized carbons (Fsp3) is 0.300. The van der Waals surface area contributed by atoms with Crippen molar-refractivity contribution in [3.05, 3.63) is 39.1 Å². The SMILES string of the molecule is CCC(Nc1ncc([N+](=O)[O-])cn1)c1nccs1. The van der Waals surface area contributed by atoms with Gasteiger partial charge in [-0.2, -0.15) is 0 Å². The number of nitrogens with zero attached hydrogens (tertiary/aromatic N) is 4. The van der Waals surface area contributed by atoms with E-state index in [2.05, 4.69) is 20.3 Å². The third-order valence-corrected chi connectivity index (χ3v) is 3.20. The van der Waals surface area contributed by atoms with Crippen molar-refractivity contribution in [2.75, 3.05) is 5.32 Å². The molecule has 0 aromatic carbocycles. The fourth-order valence-electron chi connectivity index (χ4n) is 1.39. The van der Waals surface area contributed by atoms with Crippen molar-refractivity contribution in [1.82, 2.24) is 15.0 Å². The third-order valence-electron chi connectivity index (χ3n) is 2.31. The second-order valence-electron chi connectivity index (χ2n) is 3.50. The van der Waals surface area contributed by atoms with Crippen LogP contribution < -0.4 is 5.32 Å². The summed E-state index contributed by atoms with van der Waals surface area (Å²) in [4.78, 5) is 22.0. The van der Waals surface area contributed by atoms with E-state index in [1.165, 1.54) is 12.4 Å². The Morgan fingerprint density at radius 2 is 2.17 bits per heavy atom. The second kappa shape index (κ2) is 5.50. The minimum Gasteiger partial charge on any atom is -0.345 e. The number of hydrogen-bond acceptors (Lipinski definition) is 7. The third kappa shape index (κ3) is 2.77. The van der Waals surface area contributed by atoms with Crippen LogP contribution in [0.1, 0.15) is 24.4 Å². The molecule has 2 heterocycles. The van der Waals surface area contributed by atoms with E-state index >= 15 is 0 Å². The molecule has 94 valence electrons. The monoisotopic (exact) mass is 265 g/mol. The Morgan fingerprint density at radius 3 is 2.67 bits per heavy atom. The molecule has 0 saturated heterocycles. The van der Waals surface area contributed by atoms with Crippen molar-refractivity contribution in [3.8, 4) is 0 Å². The van der Waals surface area contributed by atoms with Crippen LogP contribution in [0.5, 0.6) is 0 Å². The van der Waals surface area contributed by atoms with Gasteiger partial charge in [-0.05, 0) is 6.42 Å². The first-order chi connectivity index (χ1) is 8.70. The Hall–Kier alpha value is -2.09. The molecule has 0 radical (unpaired) electrons. The van der Waals surface area contributed by atoms with Gasteiger partial charge >= 0.3 is 5.69 Å². The first-order valence-corrected chi connectivity index (χ1v) is 6.21. The van der Waals surface area contributed by atoms with Crippen molar-refractivity contribution in [1.29, 1.82) is 0 Å². The quantitative estimate of drug-likeness (QED) is 0.659. The van der Waals surface area contributed by atoms with Crippen molar-refractivity contribution in [2.45, 2.75) is 19.4 Å². The molecular weight excluding hydrogens is 254 g/mol. The molecule has 0 fully saturated rings. The zero-order valence-corrected chi connectivity index (χ0v) is 10.4. The zero-order valence-electron chi connectivity index (χ0n) is 9.61. The molecule has 0 aliphatic rings. The van der Waals surface area contributed by atoms with Crippen LogP contribution >= 0.6 is 11.3 Å². The molecule has 1 unspecified atom stereocenters. The summed E-state index contributed by atoms with van der Waals surface area (Å²) in [5.41, 5.74) is -0.122. The minimum atomic E-state index is -0.526. The molecule has 18 heavy (non-hydrogen) atoms. The van der Waals surface area contributed by atoms with E-state index < -0.39 is 4.92 Å². The molecule has 0 aliphatic heterocycles. The van der Waals surface area contributed by atoms with Gasteiger partial charge in [0, 0.05) is 11.6 Å². The zero-order chi connectivity index (χ0) is 13.0. The predicted molar refractivity (Wildman–Crippen MR) is 67.5 cm³/mol. The highest BCUT2D eigenvalue weighted by atomic mass is 32.1. The van der Waals surface area contributed by atoms with Gasteiger partial charge in [-0.1, -0.05) is 6.92 Å². The maximum absolute atomic E-state index is 10.5. The molecule has 0 spiro atoms. The first kappa shape index (κ1) is 12.4. The predicted octanol–water partition coefficient (Wildman–Crippen LogP) is 2.40. The normalized spacial score (nSPS) is 12.1. The minimum absolute atomic E-state index is 0.0199. The van der Waals surface area contributed by atoms with Crippen molar-refractivity contribution in [3.63, 3.8) is 0 Å². The molecule has 1 atom stereocenters. The molecule has 0 amide bonds. The second-order valence-corrected chi connectivity index (χ2v) is 4.42. The summed E-state index contributed by atoms with van der Waals surface area (Å²) in [6, 6.07) is 0.0199. The van der Waals surface area contributed by atoms with Gasteiger partial charge in [-0.25, -0.2) is 15.0 Å². The van der Waals surface area contributed by atoms with Gasteiger partial charge in [0.25, 0.3) is 0 Å². The first-order valence-electron chi connectivity index (χ1n) is 5.33. The average molecular weight is 265 g/mol. The number of thiazole rings is 1. The van der Waals surface area contributed by atoms with Gasteiger partial charge in [0.2, 0.25) is 5.95 Å². The summed E-state index contributed by atoms with van der Waals surface area (Å²) in [6.45, 7) is 2.02. The van der Waals surface area contributed by atoms with Gasteiger partial charge in [-0.15, -0.1) is 11.3 Å². The maximum atomic E-state index is 10.5. The van der Waals surface area contributed by atoms with E-state index in [9.17, 15) is 10.1 Å². The highest BCUT2D eigenvalue weighted by Crippen LogP contribution is 2.22. The molecule has 7 nitrogen and oxygen atoms in total. The van der Waals surface area contributed by atoms with Crippen LogP contribution in [0.3, 0.4) is 0 Å². The van der Waals surface area contributed by atoms with Crippen LogP contribution in [0, 0.1) is 10.1 Å². The summed E-state index contributed by atoms with van der Waals surface area (Å²) in [7, 11) is 0. The van der Waals surface area contributed by atoms with Crippen LogP contribution in [0.25, 0.3) is 0 Å². The number of nitro groups is 1. The molecule has 1 N–H and O–H groups in total. The van der Waals surface area contributed by atoms with E-state index in [4.69, 9.17) is 0 Å². The van der Waals surface area contributed by atoms with Crippen LogP contribution in [0.15, 0.2) is 24.0 Å². The van der Waals surface area contributed by atoms with Crippen LogP contribution in [-0.2, 0) is 0 Å². The topological polar surface area (TPSA) is 93.8 Å². The summed E-state index contributed by atoms with van der Waals surface area (Å²) >= 11 is 1.55. The summed E-state index contributed by atoms with van der Waals surface area (Å²) in [6.07, 6.45) is 4.93. The highest BCUT2D eigenvalue weighted by molar-refractivity contribution is 7.09. The maximum Gasteiger partial charge on any atom is 0.305 e. The van der Waals surface area contributed by atoms with E-state index in [1.807, 2.05) is 12.3 Å². The van der Waals surface area contributed by atoms with Crippen molar-refractivity contribution >= 4 is 23.0 Å². The molecule has 0 bridgehead atoms. The van der Waals surface area contributed by atoms with E-state index in [0.717, 1.165) is 11.4 Å². The summed E-state index contributed by atoms with van der Waals surface area (Å²) in [5.74, 6) is 0.364. The number of aromatic nitrogens is 3. The fourth-order valence-corrected chi connectivity index (χ4v) is 2.16. The van der Waals surface area contributed by atoms with E-state index in [-0.39, 0.29) is 11.7 Å². The van der Waals surface area contributed by atoms with Crippen molar-refractivity contribution < 1.29 is 4.92 Å². The van der Waals surface area contributed by atoms with Crippen LogP contribution in [0.2, 0.25) is 0 Å². The van der Waals surface area contributed by atoms with Gasteiger partial charge in [0.05, 0.1) is 11.0 Å². The molecule has 2 aromatic heterocycles. The Labute approximate surface area is 107 Å². The largest absolute Gasteiger partial charge is 0.345 e. The lowest BCUT2D eigenvalue weighted by Gasteiger charge is -2.13. The highest BCUT2D eigenvalue weighted by Gasteiger charge is 2.14. The van der Waals surface area contributed by atoms with Gasteiger partial charge in [0.15, 0.2) is 0 Å². The lowest BCUT2D eigenvalue weighted by molar-refractivity contribution is -0.385. The average Bonchev–Trinajstić information content (AvgIpc) is 2.90. The molecule has 0 saturated carbocycles. The van der Waals surface area contributed by atoms with Gasteiger partial charge in [-0.3, -0.25) is 10.1 Å². The number of hydrogen-bond donors (Lipinski definition) is 1. The van der Waals surface area contributed by atoms with Crippen molar-refractivity contribution in [2.24, 2.45) is 0 Å². The standard InChI is InChI=1S/C10H11N5O2S/c1-2-8(9-11-3-4-18-9)14-10-12-5-7(6-13-10)15(16)17/h3-6,8H,2H2,1H3,(H,12,13,14). The van der Waals surface area contributed by atoms with E-state index in [1.54, 1.807) is 17.5 Å². The van der Waals surface area contributed by atoms with Gasteiger partial charge in [0.1, 0.15) is 17.4 Å². The smallest absolute Gasteiger partial charge is 0.305 e. The summed E-state index contributed by atoms with van der Waals surface area (Å²) < 4.78 is 0. The Morgan fingerprint density at radius 1 is 1.44 bits per heavy atom. The van der Waals surface area contributed by atoms with Gasteiger partial charge < -0.3 is 5.32 Å². The van der Waals surface area contributed by atoms with Crippen LogP contribution in [0.4, 0.5) is 11.6 Å². The lowest BCUT2D eigenvalue weighted by Crippen LogP contribution is -2.11. The van der Waals surface area contributed by atoms with E-state index in [0.29, 0.717) is 5.95 Å². The molecule has 8 heteroatoms. The number of nitrogens with one attached hydrogen (secondary N) is 1. The molecule has 2 aromatic rings. The molecule has 2 rings (SSSR count). The Balaban J connectivity index is 2.10. The summed E-state index contributed by atoms with van der Waals surface area (Å²) in [5, 5.41) is 16.4. The van der Waals surface area contributed by atoms with Crippen LogP contribution in [-0.4, -0.2) is 19.9 Å². The number of rotatable bonds is 5.